The summed E-state index contributed by atoms with van der Waals surface area (Å²) in [6, 6.07) is 15.5. The molecule has 0 spiro atoms. The molecule has 1 N–H and O–H groups in total. The Bertz CT molecular complexity index is 1080. The Hall–Kier alpha value is -3.13. The summed E-state index contributed by atoms with van der Waals surface area (Å²) in [6.07, 6.45) is 3.60. The lowest BCUT2D eigenvalue weighted by molar-refractivity contribution is -0.128. The topological polar surface area (TPSA) is 84.3 Å². The molecule has 0 fully saturated rings. The Kier molecular flexibility index (Phi) is 6.33. The largest absolute Gasteiger partial charge is 0.376 e. The van der Waals surface area contributed by atoms with E-state index in [0.717, 1.165) is 5.56 Å². The highest BCUT2D eigenvalue weighted by atomic mass is 32.2. The Morgan fingerprint density at radius 3 is 2.55 bits per heavy atom. The van der Waals surface area contributed by atoms with E-state index in [1.54, 1.807) is 71.4 Å². The van der Waals surface area contributed by atoms with E-state index in [4.69, 9.17) is 0 Å². The van der Waals surface area contributed by atoms with Gasteiger partial charge in [0.15, 0.2) is 9.84 Å². The Labute approximate surface area is 170 Å². The molecule has 152 valence electrons. The van der Waals surface area contributed by atoms with Crippen LogP contribution in [0.2, 0.25) is 0 Å². The van der Waals surface area contributed by atoms with E-state index >= 15 is 0 Å². The molecule has 2 aromatic carbocycles. The number of likely N-dealkylation sites (N-methyl/N-ethyl adjacent to an activating group) is 1. The van der Waals surface area contributed by atoms with Gasteiger partial charge in [0.2, 0.25) is 5.91 Å². The molecular formula is C21H24N4O3S. The van der Waals surface area contributed by atoms with Gasteiger partial charge in [-0.15, -0.1) is 0 Å². The number of aryl methyl sites for hydroxylation is 1. The van der Waals surface area contributed by atoms with E-state index < -0.39 is 9.84 Å². The van der Waals surface area contributed by atoms with Gasteiger partial charge in [-0.3, -0.25) is 9.48 Å². The van der Waals surface area contributed by atoms with E-state index in [-0.39, 0.29) is 18.2 Å². The quantitative estimate of drug-likeness (QED) is 0.614. The van der Waals surface area contributed by atoms with Gasteiger partial charge in [0.05, 0.1) is 23.4 Å². The summed E-state index contributed by atoms with van der Waals surface area (Å²) >= 11 is 0. The first-order chi connectivity index (χ1) is 13.8. The fraction of sp³-hybridized carbons (Fsp3) is 0.238. The average molecular weight is 413 g/mol. The summed E-state index contributed by atoms with van der Waals surface area (Å²) in [5.41, 5.74) is 2.32. The zero-order valence-corrected chi connectivity index (χ0v) is 17.3. The number of hydrogen-bond acceptors (Lipinski definition) is 5. The molecule has 0 unspecified atom stereocenters. The number of nitrogens with one attached hydrogen (secondary N) is 1. The van der Waals surface area contributed by atoms with Crippen molar-refractivity contribution in [3.8, 4) is 0 Å². The first-order valence-electron chi connectivity index (χ1n) is 9.15. The molecule has 8 heteroatoms. The predicted molar refractivity (Wildman–Crippen MR) is 112 cm³/mol. The van der Waals surface area contributed by atoms with Crippen LogP contribution in [-0.4, -0.2) is 42.6 Å². The van der Waals surface area contributed by atoms with Crippen LogP contribution >= 0.6 is 0 Å². The van der Waals surface area contributed by atoms with Gasteiger partial charge in [-0.1, -0.05) is 30.3 Å². The molecule has 29 heavy (non-hydrogen) atoms. The van der Waals surface area contributed by atoms with E-state index in [1.165, 1.54) is 0 Å². The normalized spacial score (nSPS) is 11.2. The highest BCUT2D eigenvalue weighted by molar-refractivity contribution is 7.90. The number of aromatic nitrogens is 2. The van der Waals surface area contributed by atoms with E-state index in [1.807, 2.05) is 19.3 Å². The van der Waals surface area contributed by atoms with Crippen molar-refractivity contribution in [1.29, 1.82) is 0 Å². The third kappa shape index (κ3) is 5.68. The maximum atomic E-state index is 12.6. The summed E-state index contributed by atoms with van der Waals surface area (Å²) in [5.74, 6) is -0.169. The smallest absolute Gasteiger partial charge is 0.241 e. The molecule has 0 bridgehead atoms. The average Bonchev–Trinajstić information content (AvgIpc) is 3.11. The molecule has 0 radical (unpaired) electrons. The number of amides is 1. The van der Waals surface area contributed by atoms with Gasteiger partial charge in [0, 0.05) is 38.1 Å². The van der Waals surface area contributed by atoms with Crippen LogP contribution in [0.25, 0.3) is 0 Å². The standard InChI is InChI=1S/C21H24N4O3S/c1-24(14-18-12-23-25(2)15-18)21(26)13-22-19-8-6-7-17(11-19)16-29(27,28)20-9-4-3-5-10-20/h3-12,15,22H,13-14,16H2,1-2H3. The van der Waals surface area contributed by atoms with Crippen molar-refractivity contribution in [3.05, 3.63) is 78.1 Å². The van der Waals surface area contributed by atoms with Crippen molar-refractivity contribution in [1.82, 2.24) is 14.7 Å². The van der Waals surface area contributed by atoms with Crippen molar-refractivity contribution in [2.75, 3.05) is 18.9 Å². The Balaban J connectivity index is 1.59. The number of sulfone groups is 1. The monoisotopic (exact) mass is 412 g/mol. The van der Waals surface area contributed by atoms with Crippen LogP contribution in [0, 0.1) is 0 Å². The van der Waals surface area contributed by atoms with Crippen LogP contribution in [0.15, 0.2) is 71.9 Å². The second-order valence-corrected chi connectivity index (χ2v) is 8.89. The SMILES string of the molecule is CN(Cc1cnn(C)c1)C(=O)CNc1cccc(CS(=O)(=O)c2ccccc2)c1. The van der Waals surface area contributed by atoms with Gasteiger partial charge in [-0.2, -0.15) is 5.10 Å². The number of hydrogen-bond donors (Lipinski definition) is 1. The maximum Gasteiger partial charge on any atom is 0.241 e. The number of carbonyl (C=O) groups is 1. The van der Waals surface area contributed by atoms with Gasteiger partial charge in [-0.05, 0) is 29.8 Å². The number of benzene rings is 2. The molecule has 1 aromatic heterocycles. The van der Waals surface area contributed by atoms with Gasteiger partial charge < -0.3 is 10.2 Å². The minimum absolute atomic E-state index is 0.0730. The molecule has 0 atom stereocenters. The molecule has 0 aliphatic carbocycles. The number of carbonyl (C=O) groups excluding carboxylic acids is 1. The molecule has 3 rings (SSSR count). The van der Waals surface area contributed by atoms with Crippen molar-refractivity contribution >= 4 is 21.4 Å². The van der Waals surface area contributed by atoms with Crippen LogP contribution in [0.4, 0.5) is 5.69 Å². The number of nitrogens with zero attached hydrogens (tertiary/aromatic N) is 3. The fourth-order valence-corrected chi connectivity index (χ4v) is 4.29. The van der Waals surface area contributed by atoms with Crippen LogP contribution < -0.4 is 5.32 Å². The van der Waals surface area contributed by atoms with Crippen LogP contribution in [0.3, 0.4) is 0 Å². The fourth-order valence-electron chi connectivity index (χ4n) is 2.93. The summed E-state index contributed by atoms with van der Waals surface area (Å²) in [4.78, 5) is 14.3. The van der Waals surface area contributed by atoms with Crippen molar-refractivity contribution in [2.45, 2.75) is 17.2 Å². The third-order valence-corrected chi connectivity index (χ3v) is 6.14. The summed E-state index contributed by atoms with van der Waals surface area (Å²) in [6.45, 7) is 0.593. The highest BCUT2D eigenvalue weighted by Crippen LogP contribution is 2.18. The minimum atomic E-state index is -3.42. The van der Waals surface area contributed by atoms with Gasteiger partial charge in [-0.25, -0.2) is 8.42 Å². The molecule has 0 saturated carbocycles. The van der Waals surface area contributed by atoms with E-state index in [0.29, 0.717) is 22.7 Å². The molecule has 0 aliphatic heterocycles. The van der Waals surface area contributed by atoms with Crippen LogP contribution in [0.1, 0.15) is 11.1 Å². The molecule has 1 heterocycles. The highest BCUT2D eigenvalue weighted by Gasteiger charge is 2.15. The maximum absolute atomic E-state index is 12.6. The molecular weight excluding hydrogens is 388 g/mol. The predicted octanol–water partition coefficient (Wildman–Crippen LogP) is 2.46. The van der Waals surface area contributed by atoms with Gasteiger partial charge in [0.25, 0.3) is 0 Å². The van der Waals surface area contributed by atoms with E-state index in [9.17, 15) is 13.2 Å². The van der Waals surface area contributed by atoms with E-state index in [2.05, 4.69) is 10.4 Å². The molecule has 0 aliphatic rings. The third-order valence-electron chi connectivity index (χ3n) is 4.43. The van der Waals surface area contributed by atoms with Gasteiger partial charge >= 0.3 is 0 Å². The molecule has 0 saturated heterocycles. The summed E-state index contributed by atoms with van der Waals surface area (Å²) in [7, 11) is 0.149. The van der Waals surface area contributed by atoms with Crippen molar-refractivity contribution in [2.24, 2.45) is 7.05 Å². The Morgan fingerprint density at radius 1 is 1.10 bits per heavy atom. The zero-order valence-electron chi connectivity index (χ0n) is 16.4. The minimum Gasteiger partial charge on any atom is -0.376 e. The summed E-state index contributed by atoms with van der Waals surface area (Å²) < 4.78 is 26.8. The van der Waals surface area contributed by atoms with Crippen molar-refractivity contribution in [3.63, 3.8) is 0 Å². The second kappa shape index (κ2) is 8.91. The second-order valence-electron chi connectivity index (χ2n) is 6.90. The summed E-state index contributed by atoms with van der Waals surface area (Å²) in [5, 5.41) is 7.17. The Morgan fingerprint density at radius 2 is 1.86 bits per heavy atom. The lowest BCUT2D eigenvalue weighted by Crippen LogP contribution is -2.31. The molecule has 7 nitrogen and oxygen atoms in total. The lowest BCUT2D eigenvalue weighted by atomic mass is 10.2. The first kappa shape index (κ1) is 20.6. The molecule has 3 aromatic rings. The lowest BCUT2D eigenvalue weighted by Gasteiger charge is -2.17. The van der Waals surface area contributed by atoms with Gasteiger partial charge in [0.1, 0.15) is 0 Å². The van der Waals surface area contributed by atoms with Crippen molar-refractivity contribution < 1.29 is 13.2 Å². The number of rotatable bonds is 8. The zero-order chi connectivity index (χ0) is 20.9. The van der Waals surface area contributed by atoms with Crippen LogP contribution in [0.5, 0.6) is 0 Å². The van der Waals surface area contributed by atoms with Crippen LogP contribution in [-0.2, 0) is 34.0 Å². The number of anilines is 1. The first-order valence-corrected chi connectivity index (χ1v) is 10.8. The molecule has 1 amide bonds.